The summed E-state index contributed by atoms with van der Waals surface area (Å²) in [6, 6.07) is 0. The first-order valence-electron chi connectivity index (χ1n) is 8.75. The number of amides is 1. The van der Waals surface area contributed by atoms with Gasteiger partial charge in [0.05, 0.1) is 6.33 Å². The predicted octanol–water partition coefficient (Wildman–Crippen LogP) is 4.21. The van der Waals surface area contributed by atoms with Crippen molar-refractivity contribution in [3.05, 3.63) is 12.7 Å². The maximum atomic E-state index is 12.0. The second-order valence-electron chi connectivity index (χ2n) is 5.95. The van der Waals surface area contributed by atoms with Gasteiger partial charge in [0, 0.05) is 6.42 Å². The van der Waals surface area contributed by atoms with Crippen LogP contribution in [0.1, 0.15) is 71.1 Å². The zero-order valence-corrected chi connectivity index (χ0v) is 14.0. The summed E-state index contributed by atoms with van der Waals surface area (Å²) < 4.78 is 0. The Bertz CT molecular complexity index is 595. The smallest absolute Gasteiger partial charge is 0.225 e. The summed E-state index contributed by atoms with van der Waals surface area (Å²) in [6.45, 7) is 2.24. The normalized spacial score (nSPS) is 11.0. The summed E-state index contributed by atoms with van der Waals surface area (Å²) in [5.41, 5.74) is 1.24. The minimum atomic E-state index is 0.00236. The van der Waals surface area contributed by atoms with Crippen molar-refractivity contribution < 1.29 is 4.79 Å². The van der Waals surface area contributed by atoms with Crippen LogP contribution in [0, 0.1) is 0 Å². The Balaban J connectivity index is 1.58. The van der Waals surface area contributed by atoms with Crippen LogP contribution in [0.5, 0.6) is 0 Å². The van der Waals surface area contributed by atoms with Crippen molar-refractivity contribution in [1.82, 2.24) is 19.9 Å². The second-order valence-corrected chi connectivity index (χ2v) is 5.95. The molecule has 0 saturated heterocycles. The molecule has 0 aliphatic rings. The fraction of sp³-hybridized carbons (Fsp3) is 0.647. The number of nitrogens with zero attached hydrogens (tertiary/aromatic N) is 3. The molecule has 6 heteroatoms. The summed E-state index contributed by atoms with van der Waals surface area (Å²) in [5, 5.41) is 2.83. The Kier molecular flexibility index (Phi) is 7.49. The van der Waals surface area contributed by atoms with E-state index in [0.717, 1.165) is 12.8 Å². The van der Waals surface area contributed by atoms with E-state index in [9.17, 15) is 4.79 Å². The van der Waals surface area contributed by atoms with Crippen molar-refractivity contribution in [2.75, 3.05) is 5.32 Å². The van der Waals surface area contributed by atoms with Crippen molar-refractivity contribution in [2.24, 2.45) is 0 Å². The summed E-state index contributed by atoms with van der Waals surface area (Å²) in [7, 11) is 0. The second kappa shape index (κ2) is 9.92. The molecular weight excluding hydrogens is 290 g/mol. The number of fused-ring (bicyclic) bond motifs is 1. The molecule has 23 heavy (non-hydrogen) atoms. The Morgan fingerprint density at radius 1 is 1.00 bits per heavy atom. The lowest BCUT2D eigenvalue weighted by atomic mass is 10.1. The van der Waals surface area contributed by atoms with Gasteiger partial charge in [0.1, 0.15) is 11.8 Å². The molecule has 2 aromatic heterocycles. The molecule has 0 bridgehead atoms. The van der Waals surface area contributed by atoms with E-state index in [0.29, 0.717) is 23.4 Å². The van der Waals surface area contributed by atoms with Crippen LogP contribution in [-0.2, 0) is 4.79 Å². The third-order valence-corrected chi connectivity index (χ3v) is 3.99. The zero-order chi connectivity index (χ0) is 16.3. The van der Waals surface area contributed by atoms with Crippen molar-refractivity contribution in [3.63, 3.8) is 0 Å². The first kappa shape index (κ1) is 17.4. The number of H-pyrrole nitrogens is 1. The van der Waals surface area contributed by atoms with E-state index >= 15 is 0 Å². The third-order valence-electron chi connectivity index (χ3n) is 3.99. The molecule has 2 N–H and O–H groups in total. The summed E-state index contributed by atoms with van der Waals surface area (Å²) in [4.78, 5) is 27.1. The van der Waals surface area contributed by atoms with E-state index in [4.69, 9.17) is 0 Å². The molecular formula is C17H27N5O. The van der Waals surface area contributed by atoms with Gasteiger partial charge in [-0.2, -0.15) is 0 Å². The molecule has 0 radical (unpaired) electrons. The number of aromatic nitrogens is 4. The standard InChI is InChI=1S/C17H27N5O/c1-2-3-4-5-6-7-8-9-10-11-14(23)22-17-15-16(19-12-18-15)20-13-21-17/h12-13H,2-11H2,1H3,(H2,18,19,20,21,22,23). The van der Waals surface area contributed by atoms with Crippen LogP contribution in [0.15, 0.2) is 12.7 Å². The molecule has 0 atom stereocenters. The summed E-state index contributed by atoms with van der Waals surface area (Å²) in [6.07, 6.45) is 14.7. The molecule has 2 aromatic rings. The molecule has 0 aliphatic heterocycles. The number of carbonyl (C=O) groups is 1. The molecule has 0 unspecified atom stereocenters. The number of rotatable bonds is 11. The van der Waals surface area contributed by atoms with Crippen LogP contribution in [0.3, 0.4) is 0 Å². The van der Waals surface area contributed by atoms with Crippen molar-refractivity contribution in [2.45, 2.75) is 71.1 Å². The quantitative estimate of drug-likeness (QED) is 0.608. The fourth-order valence-corrected chi connectivity index (χ4v) is 2.65. The highest BCUT2D eigenvalue weighted by molar-refractivity contribution is 5.96. The SMILES string of the molecule is CCCCCCCCCCCC(=O)Nc1ncnc2nc[nH]c12. The van der Waals surface area contributed by atoms with E-state index in [1.165, 1.54) is 51.3 Å². The molecule has 0 spiro atoms. The molecule has 6 nitrogen and oxygen atoms in total. The van der Waals surface area contributed by atoms with Gasteiger partial charge in [0.15, 0.2) is 11.5 Å². The fourth-order valence-electron chi connectivity index (χ4n) is 2.65. The van der Waals surface area contributed by atoms with Crippen LogP contribution in [0.25, 0.3) is 11.2 Å². The molecule has 1 amide bonds. The van der Waals surface area contributed by atoms with Gasteiger partial charge in [-0.25, -0.2) is 15.0 Å². The molecule has 0 saturated carbocycles. The van der Waals surface area contributed by atoms with Gasteiger partial charge in [0.2, 0.25) is 5.91 Å². The number of anilines is 1. The van der Waals surface area contributed by atoms with Gasteiger partial charge in [0.25, 0.3) is 0 Å². The number of aromatic amines is 1. The minimum absolute atomic E-state index is 0.00236. The number of hydrogen-bond acceptors (Lipinski definition) is 4. The minimum Gasteiger partial charge on any atom is -0.340 e. The highest BCUT2D eigenvalue weighted by Crippen LogP contribution is 2.15. The molecule has 0 fully saturated rings. The highest BCUT2D eigenvalue weighted by Gasteiger charge is 2.09. The molecule has 126 valence electrons. The van der Waals surface area contributed by atoms with E-state index in [2.05, 4.69) is 32.2 Å². The number of imidazole rings is 1. The topological polar surface area (TPSA) is 83.6 Å². The van der Waals surface area contributed by atoms with Gasteiger partial charge < -0.3 is 10.3 Å². The Labute approximate surface area is 137 Å². The first-order valence-corrected chi connectivity index (χ1v) is 8.75. The highest BCUT2D eigenvalue weighted by atomic mass is 16.1. The molecule has 2 heterocycles. The predicted molar refractivity (Wildman–Crippen MR) is 92.2 cm³/mol. The van der Waals surface area contributed by atoms with Crippen molar-refractivity contribution in [3.8, 4) is 0 Å². The van der Waals surface area contributed by atoms with E-state index in [1.54, 1.807) is 6.33 Å². The van der Waals surface area contributed by atoms with Crippen LogP contribution >= 0.6 is 0 Å². The Hall–Kier alpha value is -1.98. The number of carbonyl (C=O) groups excluding carboxylic acids is 1. The summed E-state index contributed by atoms with van der Waals surface area (Å²) in [5.74, 6) is 0.510. The van der Waals surface area contributed by atoms with Crippen LogP contribution in [0.2, 0.25) is 0 Å². The van der Waals surface area contributed by atoms with Crippen molar-refractivity contribution in [1.29, 1.82) is 0 Å². The van der Waals surface area contributed by atoms with Gasteiger partial charge in [-0.05, 0) is 6.42 Å². The largest absolute Gasteiger partial charge is 0.340 e. The van der Waals surface area contributed by atoms with Gasteiger partial charge in [-0.15, -0.1) is 0 Å². The number of hydrogen-bond donors (Lipinski definition) is 2. The average molecular weight is 317 g/mol. The molecule has 2 rings (SSSR count). The zero-order valence-electron chi connectivity index (χ0n) is 14.0. The number of unbranched alkanes of at least 4 members (excludes halogenated alkanes) is 8. The molecule has 0 aliphatic carbocycles. The third kappa shape index (κ3) is 5.96. The lowest BCUT2D eigenvalue weighted by molar-refractivity contribution is -0.116. The van der Waals surface area contributed by atoms with Crippen molar-refractivity contribution >= 4 is 22.9 Å². The van der Waals surface area contributed by atoms with E-state index < -0.39 is 0 Å². The monoisotopic (exact) mass is 317 g/mol. The maximum absolute atomic E-state index is 12.0. The first-order chi connectivity index (χ1) is 11.3. The average Bonchev–Trinajstić information content (AvgIpc) is 3.03. The lowest BCUT2D eigenvalue weighted by Crippen LogP contribution is -2.12. The maximum Gasteiger partial charge on any atom is 0.225 e. The van der Waals surface area contributed by atoms with E-state index in [-0.39, 0.29) is 5.91 Å². The van der Waals surface area contributed by atoms with Gasteiger partial charge in [-0.1, -0.05) is 58.3 Å². The van der Waals surface area contributed by atoms with Gasteiger partial charge in [-0.3, -0.25) is 4.79 Å². The Morgan fingerprint density at radius 2 is 1.70 bits per heavy atom. The van der Waals surface area contributed by atoms with Gasteiger partial charge >= 0.3 is 0 Å². The van der Waals surface area contributed by atoms with Crippen LogP contribution in [0.4, 0.5) is 5.82 Å². The lowest BCUT2D eigenvalue weighted by Gasteiger charge is -2.05. The summed E-state index contributed by atoms with van der Waals surface area (Å²) >= 11 is 0. The van der Waals surface area contributed by atoms with E-state index in [1.807, 2.05) is 0 Å². The van der Waals surface area contributed by atoms with Crippen LogP contribution < -0.4 is 5.32 Å². The van der Waals surface area contributed by atoms with Crippen LogP contribution in [-0.4, -0.2) is 25.8 Å². The molecule has 0 aromatic carbocycles. The number of nitrogens with one attached hydrogen (secondary N) is 2. The Morgan fingerprint density at radius 3 is 2.43 bits per heavy atom.